The van der Waals surface area contributed by atoms with E-state index >= 15 is 0 Å². The van der Waals surface area contributed by atoms with Crippen LogP contribution in [0.2, 0.25) is 0 Å². The molecule has 0 radical (unpaired) electrons. The largest absolute Gasteiger partial charge is 0.493 e. The second kappa shape index (κ2) is 5.29. The second-order valence-corrected chi connectivity index (χ2v) is 7.08. The maximum atomic E-state index is 5.85. The van der Waals surface area contributed by atoms with Crippen LogP contribution in [-0.4, -0.2) is 36.2 Å². The summed E-state index contributed by atoms with van der Waals surface area (Å²) in [5.74, 6) is 1.10. The average Bonchev–Trinajstić information content (AvgIpc) is 2.98. The standard InChI is InChI=1S/C18H26N2O/c1-14-12-19-18(9-4-5-10-18)13-20(14)16-8-11-21-17-7-3-2-6-15(16)17/h2-3,6-7,14,16,19H,4-5,8-13H2,1H3. The quantitative estimate of drug-likeness (QED) is 0.858. The van der Waals surface area contributed by atoms with Crippen molar-refractivity contribution in [2.75, 3.05) is 19.7 Å². The molecule has 3 aliphatic rings. The molecule has 1 N–H and O–H groups in total. The Bertz CT molecular complexity index is 510. The Morgan fingerprint density at radius 2 is 2.05 bits per heavy atom. The highest BCUT2D eigenvalue weighted by Crippen LogP contribution is 2.41. The highest BCUT2D eigenvalue weighted by Gasteiger charge is 2.43. The van der Waals surface area contributed by atoms with Crippen molar-refractivity contribution >= 4 is 0 Å². The summed E-state index contributed by atoms with van der Waals surface area (Å²) in [5, 5.41) is 3.86. The van der Waals surface area contributed by atoms with Gasteiger partial charge in [-0.2, -0.15) is 0 Å². The summed E-state index contributed by atoms with van der Waals surface area (Å²) >= 11 is 0. The zero-order valence-electron chi connectivity index (χ0n) is 13.0. The number of ether oxygens (including phenoxy) is 1. The molecule has 1 aliphatic carbocycles. The van der Waals surface area contributed by atoms with Crippen LogP contribution >= 0.6 is 0 Å². The van der Waals surface area contributed by atoms with E-state index in [9.17, 15) is 0 Å². The van der Waals surface area contributed by atoms with Gasteiger partial charge in [0.15, 0.2) is 0 Å². The Morgan fingerprint density at radius 1 is 1.24 bits per heavy atom. The molecule has 1 aromatic carbocycles. The van der Waals surface area contributed by atoms with Crippen LogP contribution in [0.4, 0.5) is 0 Å². The van der Waals surface area contributed by atoms with Crippen LogP contribution < -0.4 is 10.1 Å². The van der Waals surface area contributed by atoms with Crippen molar-refractivity contribution in [2.45, 2.75) is 56.7 Å². The van der Waals surface area contributed by atoms with Gasteiger partial charge >= 0.3 is 0 Å². The fraction of sp³-hybridized carbons (Fsp3) is 0.667. The van der Waals surface area contributed by atoms with E-state index in [1.807, 2.05) is 0 Å². The van der Waals surface area contributed by atoms with Crippen LogP contribution in [0.15, 0.2) is 24.3 Å². The molecule has 4 rings (SSSR count). The van der Waals surface area contributed by atoms with Crippen molar-refractivity contribution in [3.05, 3.63) is 29.8 Å². The summed E-state index contributed by atoms with van der Waals surface area (Å²) in [6.45, 7) is 5.55. The first kappa shape index (κ1) is 13.6. The first-order valence-corrected chi connectivity index (χ1v) is 8.50. The van der Waals surface area contributed by atoms with Gasteiger partial charge in [0.25, 0.3) is 0 Å². The number of nitrogens with zero attached hydrogens (tertiary/aromatic N) is 1. The highest BCUT2D eigenvalue weighted by molar-refractivity contribution is 5.37. The predicted octanol–water partition coefficient (Wildman–Crippen LogP) is 3.12. The Morgan fingerprint density at radius 3 is 2.90 bits per heavy atom. The third kappa shape index (κ3) is 2.36. The molecule has 1 saturated carbocycles. The third-order valence-corrected chi connectivity index (χ3v) is 5.71. The van der Waals surface area contributed by atoms with Crippen LogP contribution in [0, 0.1) is 0 Å². The lowest BCUT2D eigenvalue weighted by molar-refractivity contribution is 0.0327. The van der Waals surface area contributed by atoms with Crippen molar-refractivity contribution in [3.63, 3.8) is 0 Å². The minimum Gasteiger partial charge on any atom is -0.493 e. The van der Waals surface area contributed by atoms with E-state index in [0.29, 0.717) is 17.6 Å². The number of benzene rings is 1. The fourth-order valence-electron chi connectivity index (χ4n) is 4.51. The molecule has 2 aliphatic heterocycles. The Hall–Kier alpha value is -1.06. The lowest BCUT2D eigenvalue weighted by Crippen LogP contribution is -2.63. The molecule has 114 valence electrons. The van der Waals surface area contributed by atoms with Crippen LogP contribution in [-0.2, 0) is 0 Å². The topological polar surface area (TPSA) is 24.5 Å². The number of fused-ring (bicyclic) bond motifs is 1. The first-order chi connectivity index (χ1) is 10.3. The summed E-state index contributed by atoms with van der Waals surface area (Å²) < 4.78 is 5.85. The van der Waals surface area contributed by atoms with E-state index < -0.39 is 0 Å². The smallest absolute Gasteiger partial charge is 0.124 e. The van der Waals surface area contributed by atoms with Crippen LogP contribution in [0.1, 0.15) is 50.6 Å². The number of hydrogen-bond acceptors (Lipinski definition) is 3. The van der Waals surface area contributed by atoms with Crippen LogP contribution in [0.25, 0.3) is 0 Å². The van der Waals surface area contributed by atoms with Gasteiger partial charge in [0.05, 0.1) is 6.61 Å². The highest BCUT2D eigenvalue weighted by atomic mass is 16.5. The van der Waals surface area contributed by atoms with Crippen molar-refractivity contribution in [1.82, 2.24) is 10.2 Å². The molecule has 3 heteroatoms. The van der Waals surface area contributed by atoms with Gasteiger partial charge in [-0.3, -0.25) is 4.90 Å². The SMILES string of the molecule is CC1CNC2(CCCC2)CN1C1CCOc2ccccc21. The minimum absolute atomic E-state index is 0.389. The molecule has 0 bridgehead atoms. The minimum atomic E-state index is 0.389. The molecule has 2 heterocycles. The van der Waals surface area contributed by atoms with Crippen LogP contribution in [0.3, 0.4) is 0 Å². The Labute approximate surface area is 127 Å². The summed E-state index contributed by atoms with van der Waals surface area (Å²) in [7, 11) is 0. The van der Waals surface area contributed by atoms with Gasteiger partial charge in [0.1, 0.15) is 5.75 Å². The number of piperazine rings is 1. The van der Waals surface area contributed by atoms with E-state index in [4.69, 9.17) is 4.74 Å². The molecule has 0 aromatic heterocycles. The molecule has 2 atom stereocenters. The molecule has 1 spiro atoms. The van der Waals surface area contributed by atoms with Gasteiger partial charge in [-0.15, -0.1) is 0 Å². The van der Waals surface area contributed by atoms with Gasteiger partial charge < -0.3 is 10.1 Å². The Balaban J connectivity index is 1.63. The van der Waals surface area contributed by atoms with Crippen molar-refractivity contribution < 1.29 is 4.74 Å². The predicted molar refractivity (Wildman–Crippen MR) is 84.7 cm³/mol. The average molecular weight is 286 g/mol. The second-order valence-electron chi connectivity index (χ2n) is 7.08. The van der Waals surface area contributed by atoms with E-state index in [1.54, 1.807) is 0 Å². The number of nitrogens with one attached hydrogen (secondary N) is 1. The number of hydrogen-bond donors (Lipinski definition) is 1. The zero-order chi connectivity index (χ0) is 14.3. The normalized spacial score (nSPS) is 31.9. The number of para-hydroxylation sites is 1. The molecule has 1 saturated heterocycles. The molecular formula is C18H26N2O. The van der Waals surface area contributed by atoms with Gasteiger partial charge in [-0.1, -0.05) is 31.0 Å². The zero-order valence-corrected chi connectivity index (χ0v) is 13.0. The summed E-state index contributed by atoms with van der Waals surface area (Å²) in [6.07, 6.45) is 6.60. The molecule has 21 heavy (non-hydrogen) atoms. The molecule has 3 nitrogen and oxygen atoms in total. The summed E-state index contributed by atoms with van der Waals surface area (Å²) in [5.41, 5.74) is 1.78. The van der Waals surface area contributed by atoms with Gasteiger partial charge in [-0.25, -0.2) is 0 Å². The number of rotatable bonds is 1. The van der Waals surface area contributed by atoms with Gasteiger partial charge in [0, 0.05) is 42.7 Å². The van der Waals surface area contributed by atoms with Crippen molar-refractivity contribution in [3.8, 4) is 5.75 Å². The third-order valence-electron chi connectivity index (χ3n) is 5.71. The Kier molecular flexibility index (Phi) is 3.43. The molecule has 1 aromatic rings. The van der Waals surface area contributed by atoms with E-state index in [1.165, 1.54) is 37.8 Å². The summed E-state index contributed by atoms with van der Waals surface area (Å²) in [6, 6.07) is 9.76. The van der Waals surface area contributed by atoms with Gasteiger partial charge in [0.2, 0.25) is 0 Å². The monoisotopic (exact) mass is 286 g/mol. The lowest BCUT2D eigenvalue weighted by atomic mass is 9.89. The molecular weight excluding hydrogens is 260 g/mol. The maximum absolute atomic E-state index is 5.85. The summed E-state index contributed by atoms with van der Waals surface area (Å²) in [4.78, 5) is 2.75. The lowest BCUT2D eigenvalue weighted by Gasteiger charge is -2.49. The molecule has 0 amide bonds. The molecule has 2 fully saturated rings. The first-order valence-electron chi connectivity index (χ1n) is 8.50. The van der Waals surface area contributed by atoms with Crippen molar-refractivity contribution in [2.24, 2.45) is 0 Å². The van der Waals surface area contributed by atoms with E-state index in [2.05, 4.69) is 41.4 Å². The van der Waals surface area contributed by atoms with Gasteiger partial charge in [-0.05, 0) is 25.8 Å². The van der Waals surface area contributed by atoms with Crippen molar-refractivity contribution in [1.29, 1.82) is 0 Å². The van der Waals surface area contributed by atoms with E-state index in [-0.39, 0.29) is 0 Å². The molecule has 2 unspecified atom stereocenters. The maximum Gasteiger partial charge on any atom is 0.124 e. The van der Waals surface area contributed by atoms with Crippen LogP contribution in [0.5, 0.6) is 5.75 Å². The fourth-order valence-corrected chi connectivity index (χ4v) is 4.51. The van der Waals surface area contributed by atoms with E-state index in [0.717, 1.165) is 25.3 Å².